The Labute approximate surface area is 612 Å². The Morgan fingerprint density at radius 1 is 0.215 bits per heavy atom. The molecule has 0 radical (unpaired) electrons. The van der Waals surface area contributed by atoms with Crippen LogP contribution < -0.4 is 0 Å². The summed E-state index contributed by atoms with van der Waals surface area (Å²) in [5.74, 6) is 0. The van der Waals surface area contributed by atoms with Gasteiger partial charge in [-0.3, -0.25) is 0 Å². The fourth-order valence-electron chi connectivity index (χ4n) is 13.8. The maximum absolute atomic E-state index is 12.2. The molecule has 0 amide bonds. The van der Waals surface area contributed by atoms with Crippen molar-refractivity contribution in [2.75, 3.05) is 146 Å². The zero-order chi connectivity index (χ0) is 74.9. The van der Waals surface area contributed by atoms with Gasteiger partial charge in [-0.1, -0.05) is 0 Å². The first-order valence-corrected chi connectivity index (χ1v) is 36.6. The van der Waals surface area contributed by atoms with Gasteiger partial charge in [0.25, 0.3) is 0 Å². The third-order valence-electron chi connectivity index (χ3n) is 20.7. The quantitative estimate of drug-likeness (QED) is 0.0253. The van der Waals surface area contributed by atoms with Crippen LogP contribution in [-0.4, -0.2) is 475 Å². The third-order valence-corrected chi connectivity index (χ3v) is 20.7. The lowest BCUT2D eigenvalue weighted by molar-refractivity contribution is -0.398. The highest BCUT2D eigenvalue weighted by Gasteiger charge is 2.60. The molecule has 0 aromatic carbocycles. The molecule has 0 aliphatic carbocycles. The second-order valence-electron chi connectivity index (χ2n) is 29.3. The van der Waals surface area contributed by atoms with Gasteiger partial charge in [-0.15, -0.1) is 0 Å². The summed E-state index contributed by atoms with van der Waals surface area (Å²) < 4.78 is 165. The number of aliphatic hydroxyl groups excluding tert-OH is 14. The first-order valence-electron chi connectivity index (χ1n) is 36.6. The van der Waals surface area contributed by atoms with Gasteiger partial charge in [0, 0.05) is 7.11 Å². The van der Waals surface area contributed by atoms with Crippen molar-refractivity contribution in [3.63, 3.8) is 0 Å². The molecule has 107 heavy (non-hydrogen) atoms. The molecule has 0 spiro atoms. The minimum Gasteiger partial charge on any atom is -0.388 e. The molecule has 14 N–H and O–H groups in total. The van der Waals surface area contributed by atoms with Crippen LogP contribution in [0.15, 0.2) is 0 Å². The Bertz CT molecular complexity index is 2680. The lowest BCUT2D eigenvalue weighted by Crippen LogP contribution is -2.68. The molecule has 21 unspecified atom stereocenters. The predicted molar refractivity (Wildman–Crippen MR) is 334 cm³/mol. The lowest BCUT2D eigenvalue weighted by Gasteiger charge is -2.50. The molecule has 616 valence electrons. The maximum Gasteiger partial charge on any atom is 0.187 e. The monoisotopic (exact) mass is 1560 g/mol. The maximum atomic E-state index is 12.2. The standard InChI is InChI=1S/C65H104O42/c1-24-39(66)40(67)54(33(95-24)18-82-4-26-11-89-26)102-61-48(75)42(69)56(35(97-61)20-84-6-28-13-91-28)104-63-50(77)44(71)58(37(99-63)22-86-8-30-15-93-30)106-65-52(79)46(73)59(38(101-65)23-87-9-31-16-94-31)107-64-51(78)45(72)57(36(100-64)21-85-7-29-14-92-29)105-62-49(76)43(70)55(34(98-62)19-83-5-27-12-90-27)103-60-47(74)41(68)53(80-2)32(96-60)17-81-3-25-10-88-25/h24-79H,3-23H2,1-2H3/t24-,25?,26?,27?,28?,29?,30?,31?,32?,33?,34?,35?,36?,37?,38?,39?,40+,41+,42+,43+,44+,45+,46+,47?,48?,49?,50?,51?,52?,53+,54+,55+,56+,57+,58+,59+,60+,61+,62+,63+,64+,65+/m0/s1. The molecule has 14 heterocycles. The molecule has 14 aliphatic heterocycles. The van der Waals surface area contributed by atoms with E-state index in [-0.39, 0.29) is 115 Å². The van der Waals surface area contributed by atoms with Gasteiger partial charge >= 0.3 is 0 Å². The van der Waals surface area contributed by atoms with Crippen molar-refractivity contribution in [3.8, 4) is 0 Å². The van der Waals surface area contributed by atoms with E-state index < -0.39 is 235 Å². The molecule has 42 heteroatoms. The molecule has 0 saturated carbocycles. The summed E-state index contributed by atoms with van der Waals surface area (Å²) >= 11 is 0. The predicted octanol–water partition coefficient (Wildman–Crippen LogP) is -11.6. The average molecular weight is 1560 g/mol. The van der Waals surface area contributed by atoms with E-state index in [0.717, 1.165) is 0 Å². The zero-order valence-corrected chi connectivity index (χ0v) is 58.8. The van der Waals surface area contributed by atoms with E-state index in [9.17, 15) is 71.5 Å². The largest absolute Gasteiger partial charge is 0.388 e. The first-order chi connectivity index (χ1) is 51.7. The van der Waals surface area contributed by atoms with E-state index in [1.807, 2.05) is 0 Å². The van der Waals surface area contributed by atoms with Gasteiger partial charge in [-0.05, 0) is 6.92 Å². The van der Waals surface area contributed by atoms with Crippen LogP contribution in [0.1, 0.15) is 6.92 Å². The Hall–Kier alpha value is -1.68. The fraction of sp³-hybridized carbons (Fsp3) is 1.00. The molecular weight excluding hydrogens is 1450 g/mol. The van der Waals surface area contributed by atoms with E-state index in [0.29, 0.717) is 46.2 Å². The molecule has 14 fully saturated rings. The average Bonchev–Trinajstić information content (AvgIpc) is 1.45. The molecule has 42 nitrogen and oxygen atoms in total. The minimum absolute atomic E-state index is 0.00964. The molecule has 0 aromatic heterocycles. The van der Waals surface area contributed by atoms with Gasteiger partial charge < -0.3 is 204 Å². The number of ether oxygens (including phenoxy) is 28. The highest BCUT2D eigenvalue weighted by Crippen LogP contribution is 2.40. The van der Waals surface area contributed by atoms with E-state index in [1.165, 1.54) is 7.11 Å². The lowest BCUT2D eigenvalue weighted by atomic mass is 9.94. The van der Waals surface area contributed by atoms with E-state index >= 15 is 0 Å². The highest BCUT2D eigenvalue weighted by atomic mass is 16.8. The fourth-order valence-corrected chi connectivity index (χ4v) is 13.8. The zero-order valence-electron chi connectivity index (χ0n) is 58.8. The summed E-state index contributed by atoms with van der Waals surface area (Å²) in [5.41, 5.74) is 0. The van der Waals surface area contributed by atoms with Gasteiger partial charge in [0.1, 0.15) is 214 Å². The summed E-state index contributed by atoms with van der Waals surface area (Å²) in [4.78, 5) is 0. The number of hydrogen-bond donors (Lipinski definition) is 14. The van der Waals surface area contributed by atoms with Gasteiger partial charge in [0.2, 0.25) is 0 Å². The van der Waals surface area contributed by atoms with Crippen molar-refractivity contribution < 1.29 is 204 Å². The smallest absolute Gasteiger partial charge is 0.187 e. The Balaban J connectivity index is 0.646. The highest BCUT2D eigenvalue weighted by molar-refractivity contribution is 5.02. The number of methoxy groups -OCH3 is 1. The van der Waals surface area contributed by atoms with Gasteiger partial charge in [-0.25, -0.2) is 0 Å². The molecule has 14 rings (SSSR count). The second-order valence-corrected chi connectivity index (χ2v) is 29.3. The van der Waals surface area contributed by atoms with E-state index in [1.54, 1.807) is 6.92 Å². The Kier molecular flexibility index (Phi) is 28.4. The molecule has 14 aliphatic rings. The van der Waals surface area contributed by atoms with Crippen molar-refractivity contribution >= 4 is 0 Å². The molecule has 42 atom stereocenters. The number of hydrogen-bond acceptors (Lipinski definition) is 42. The molecule has 0 bridgehead atoms. The van der Waals surface area contributed by atoms with Crippen LogP contribution in [0.2, 0.25) is 0 Å². The molecular formula is C65H104O42. The minimum atomic E-state index is -2.12. The topological polar surface area (TPSA) is 565 Å². The van der Waals surface area contributed by atoms with Crippen LogP contribution in [0.3, 0.4) is 0 Å². The van der Waals surface area contributed by atoms with Crippen LogP contribution in [0, 0.1) is 0 Å². The van der Waals surface area contributed by atoms with Crippen LogP contribution in [0.5, 0.6) is 0 Å². The van der Waals surface area contributed by atoms with Gasteiger partial charge in [-0.2, -0.15) is 0 Å². The van der Waals surface area contributed by atoms with Crippen molar-refractivity contribution in [3.05, 3.63) is 0 Å². The van der Waals surface area contributed by atoms with Gasteiger partial charge in [0.15, 0.2) is 37.7 Å². The van der Waals surface area contributed by atoms with Crippen molar-refractivity contribution in [2.45, 2.75) is 264 Å². The van der Waals surface area contributed by atoms with Gasteiger partial charge in [0.05, 0.1) is 145 Å². The third kappa shape index (κ3) is 21.1. The summed E-state index contributed by atoms with van der Waals surface area (Å²) in [6.07, 6.45) is -60.1. The van der Waals surface area contributed by atoms with Crippen LogP contribution >= 0.6 is 0 Å². The number of aliphatic hydroxyl groups is 14. The van der Waals surface area contributed by atoms with Crippen molar-refractivity contribution in [1.29, 1.82) is 0 Å². The summed E-state index contributed by atoms with van der Waals surface area (Å²) in [6.45, 7) is 2.92. The van der Waals surface area contributed by atoms with Crippen LogP contribution in [0.4, 0.5) is 0 Å². The normalized spacial score (nSPS) is 50.7. The number of rotatable bonds is 41. The van der Waals surface area contributed by atoms with Crippen molar-refractivity contribution in [2.24, 2.45) is 0 Å². The number of epoxide rings is 7. The van der Waals surface area contributed by atoms with E-state index in [2.05, 4.69) is 0 Å². The SMILES string of the molecule is CO[C@@H]1C(COCC2CO2)O[C@H](O[C@@H]2C(COCC3CO3)O[C@H](O[C@@H]3C(COCC4CO4)O[C@H](O[C@@H]4C(COCC5CO5)O[C@H](O[C@@H]5C(COCC6CO6)O[C@H](O[C@@H]6C(COCC7CO7)O[C@H](O[C@@H]7C(COCC8CO8)O[C@@H](C)C(O)[C@H]7O)C(O)[C@H]6O)C(O)[C@H]5O)C(O)[C@H]4O)C(O)[C@H]3O)C(O)[C@H]2O)C(O)[C@H]1O. The molecule has 0 aromatic rings. The van der Waals surface area contributed by atoms with E-state index in [4.69, 9.17) is 133 Å². The summed E-state index contributed by atoms with van der Waals surface area (Å²) in [7, 11) is 1.31. The van der Waals surface area contributed by atoms with Crippen molar-refractivity contribution in [1.82, 2.24) is 0 Å². The summed E-state index contributed by atoms with van der Waals surface area (Å²) in [5, 5.41) is 165. The first kappa shape index (κ1) is 81.9. The molecule has 14 saturated heterocycles. The Morgan fingerprint density at radius 2 is 0.374 bits per heavy atom. The second kappa shape index (κ2) is 37.1. The van der Waals surface area contributed by atoms with Crippen LogP contribution in [-0.2, 0) is 133 Å². The summed E-state index contributed by atoms with van der Waals surface area (Å²) in [6, 6.07) is 0. The Morgan fingerprint density at radius 3 is 0.551 bits per heavy atom. The van der Waals surface area contributed by atoms with Crippen LogP contribution in [0.25, 0.3) is 0 Å².